The predicted octanol–water partition coefficient (Wildman–Crippen LogP) is 6.56. The Labute approximate surface area is 517 Å². The van der Waals surface area contributed by atoms with Crippen LogP contribution in [0.5, 0.6) is 0 Å². The standard InChI is InChI=1S/C68H90F2N10O8/c1-45(71-3)63(83)75-61(51-13-7-5-8-14-51)67(87)79-37-11-17-57(79)43-77(39-35-47-19-31-55(69)32-20-47)59(81)41-73-65(85)53-27-23-49(24-28-53)50-25-29-54(30-26-50)66(86)74-42-60(82)78(40-36-48-21-33-56(70)34-22-48)44-58-18-12-38-80(58)68(88)62(52-15-9-6-10-16-52)76-64(84)46(2)72-4/h19-34,45-46,51-52,57-58,61-62,71-72H,5-18,35-44H2,1-4H3,(H,73,85)(H,74,86)(H,75,83)(H,76,84)/t45-,46-,57-,58+,61-,62-/m0/s1. The van der Waals surface area contributed by atoms with E-state index in [9.17, 15) is 47.1 Å². The largest absolute Gasteiger partial charge is 0.343 e. The summed E-state index contributed by atoms with van der Waals surface area (Å²) in [6.07, 6.45) is 13.1. The monoisotopic (exact) mass is 1210 g/mol. The lowest BCUT2D eigenvalue weighted by Crippen LogP contribution is -2.57. The Hall–Kier alpha value is -7.58. The predicted molar refractivity (Wildman–Crippen MR) is 333 cm³/mol. The molecule has 6 N–H and O–H groups in total. The summed E-state index contributed by atoms with van der Waals surface area (Å²) in [6, 6.07) is 22.9. The smallest absolute Gasteiger partial charge is 0.251 e. The van der Waals surface area contributed by atoms with E-state index in [1.54, 1.807) is 111 Å². The van der Waals surface area contributed by atoms with Crippen molar-refractivity contribution in [3.8, 4) is 11.1 Å². The third-order valence-corrected chi connectivity index (χ3v) is 18.5. The van der Waals surface area contributed by atoms with Gasteiger partial charge in [0.2, 0.25) is 35.4 Å². The molecule has 6 atom stereocenters. The molecule has 2 aliphatic carbocycles. The van der Waals surface area contributed by atoms with Gasteiger partial charge in [-0.2, -0.15) is 0 Å². The number of carbonyl (C=O) groups is 8. The quantitative estimate of drug-likeness (QED) is 0.0378. The molecule has 0 unspecified atom stereocenters. The van der Waals surface area contributed by atoms with Crippen molar-refractivity contribution >= 4 is 47.3 Å². The van der Waals surface area contributed by atoms with E-state index in [4.69, 9.17) is 0 Å². The van der Waals surface area contributed by atoms with Crippen LogP contribution in [-0.4, -0.2) is 170 Å². The van der Waals surface area contributed by atoms with E-state index >= 15 is 0 Å². The third-order valence-electron chi connectivity index (χ3n) is 18.5. The van der Waals surface area contributed by atoms with Gasteiger partial charge < -0.3 is 51.5 Å². The Morgan fingerprint density at radius 2 is 0.830 bits per heavy atom. The number of carbonyl (C=O) groups excluding carboxylic acids is 8. The zero-order valence-corrected chi connectivity index (χ0v) is 51.6. The number of likely N-dealkylation sites (N-methyl/N-ethyl adjacent to an activating group) is 2. The highest BCUT2D eigenvalue weighted by atomic mass is 19.1. The highest BCUT2D eigenvalue weighted by molar-refractivity contribution is 5.98. The number of nitrogens with zero attached hydrogens (tertiary/aromatic N) is 4. The average molecular weight is 1210 g/mol. The molecule has 8 amide bonds. The van der Waals surface area contributed by atoms with E-state index in [1.165, 1.54) is 24.3 Å². The van der Waals surface area contributed by atoms with Crippen LogP contribution in [0.3, 0.4) is 0 Å². The number of halogens is 2. The van der Waals surface area contributed by atoms with Gasteiger partial charge in [-0.3, -0.25) is 38.4 Å². The molecule has 8 rings (SSSR count). The van der Waals surface area contributed by atoms with Gasteiger partial charge in [0.25, 0.3) is 11.8 Å². The SMILES string of the molecule is CN[C@@H](C)C(=O)N[C@H](C(=O)N1CCC[C@@H]1CN(CCc1ccc(F)cc1)C(=O)CNC(=O)c1ccc(-c2ccc(C(=O)NCC(=O)N(CCc3ccc(F)cc3)C[C@@H]3CCCN3C(=O)[C@@H](NC(=O)[C@H](C)NC)C3CCCCC3)cc2)cc1)C1CCCCC1. The van der Waals surface area contributed by atoms with Gasteiger partial charge in [0, 0.05) is 62.5 Å². The van der Waals surface area contributed by atoms with Gasteiger partial charge in [0.1, 0.15) is 23.7 Å². The molecule has 0 spiro atoms. The Kier molecular flexibility index (Phi) is 24.6. The van der Waals surface area contributed by atoms with Crippen LogP contribution < -0.4 is 31.9 Å². The van der Waals surface area contributed by atoms with Crippen molar-refractivity contribution in [2.75, 3.05) is 66.5 Å². The molecule has 2 heterocycles. The first-order valence-corrected chi connectivity index (χ1v) is 31.9. The molecular formula is C68H90F2N10O8. The molecule has 4 aromatic carbocycles. The van der Waals surface area contributed by atoms with Crippen LogP contribution in [0.2, 0.25) is 0 Å². The Morgan fingerprint density at radius 1 is 0.477 bits per heavy atom. The summed E-state index contributed by atoms with van der Waals surface area (Å²) in [5.41, 5.74) is 3.81. The number of benzene rings is 4. The second-order valence-electron chi connectivity index (χ2n) is 24.4. The summed E-state index contributed by atoms with van der Waals surface area (Å²) in [6.45, 7) is 4.86. The summed E-state index contributed by atoms with van der Waals surface area (Å²) < 4.78 is 27.7. The van der Waals surface area contributed by atoms with Gasteiger partial charge in [-0.05, 0) is 175 Å². The van der Waals surface area contributed by atoms with Crippen LogP contribution in [0, 0.1) is 23.5 Å². The minimum atomic E-state index is -0.679. The number of nitrogens with one attached hydrogen (secondary N) is 6. The van der Waals surface area contributed by atoms with Crippen molar-refractivity contribution in [2.24, 2.45) is 11.8 Å². The van der Waals surface area contributed by atoms with Gasteiger partial charge in [-0.1, -0.05) is 87.1 Å². The fourth-order valence-corrected chi connectivity index (χ4v) is 12.8. The van der Waals surface area contributed by atoms with Crippen LogP contribution >= 0.6 is 0 Å². The maximum Gasteiger partial charge on any atom is 0.251 e. The molecule has 0 radical (unpaired) electrons. The Balaban J connectivity index is 0.872. The van der Waals surface area contributed by atoms with Crippen molar-refractivity contribution in [1.29, 1.82) is 0 Å². The summed E-state index contributed by atoms with van der Waals surface area (Å²) in [4.78, 5) is 118. The highest BCUT2D eigenvalue weighted by Crippen LogP contribution is 2.32. The summed E-state index contributed by atoms with van der Waals surface area (Å²) in [5, 5.41) is 17.7. The lowest BCUT2D eigenvalue weighted by molar-refractivity contribution is -0.141. The molecule has 20 heteroatoms. The fourth-order valence-electron chi connectivity index (χ4n) is 12.8. The van der Waals surface area contributed by atoms with Crippen molar-refractivity contribution in [3.63, 3.8) is 0 Å². The summed E-state index contributed by atoms with van der Waals surface area (Å²) in [7, 11) is 3.41. The topological polar surface area (TPSA) is 222 Å². The van der Waals surface area contributed by atoms with Crippen LogP contribution in [-0.2, 0) is 41.6 Å². The molecule has 2 saturated carbocycles. The van der Waals surface area contributed by atoms with Crippen LogP contribution in [0.15, 0.2) is 97.1 Å². The van der Waals surface area contributed by atoms with Crippen LogP contribution in [0.25, 0.3) is 11.1 Å². The molecule has 2 saturated heterocycles. The molecule has 88 heavy (non-hydrogen) atoms. The molecule has 474 valence electrons. The molecular weight excluding hydrogens is 1120 g/mol. The number of rotatable bonds is 27. The van der Waals surface area contributed by atoms with E-state index in [-0.39, 0.29) is 110 Å². The maximum absolute atomic E-state index is 14.5. The van der Waals surface area contributed by atoms with E-state index in [0.29, 0.717) is 49.9 Å². The van der Waals surface area contributed by atoms with Gasteiger partial charge >= 0.3 is 0 Å². The first-order chi connectivity index (χ1) is 42.5. The second-order valence-corrected chi connectivity index (χ2v) is 24.4. The van der Waals surface area contributed by atoms with Crippen LogP contribution in [0.4, 0.5) is 8.78 Å². The molecule has 0 aromatic heterocycles. The van der Waals surface area contributed by atoms with Gasteiger partial charge in [-0.15, -0.1) is 0 Å². The zero-order chi connectivity index (χ0) is 62.7. The minimum Gasteiger partial charge on any atom is -0.343 e. The number of hydrogen-bond acceptors (Lipinski definition) is 10. The number of hydrogen-bond donors (Lipinski definition) is 6. The molecule has 18 nitrogen and oxygen atoms in total. The summed E-state index contributed by atoms with van der Waals surface area (Å²) >= 11 is 0. The van der Waals surface area contributed by atoms with Crippen molar-refractivity contribution in [3.05, 3.63) is 131 Å². The number of amides is 8. The molecule has 0 bridgehead atoms. The van der Waals surface area contributed by atoms with Gasteiger partial charge in [0.05, 0.1) is 25.2 Å². The molecule has 4 aromatic rings. The Morgan fingerprint density at radius 3 is 1.17 bits per heavy atom. The van der Waals surface area contributed by atoms with E-state index in [2.05, 4.69) is 31.9 Å². The zero-order valence-electron chi connectivity index (χ0n) is 51.6. The van der Waals surface area contributed by atoms with E-state index < -0.39 is 36.0 Å². The van der Waals surface area contributed by atoms with E-state index in [0.717, 1.165) is 99.3 Å². The Bertz CT molecular complexity index is 2790. The third kappa shape index (κ3) is 18.3. The van der Waals surface area contributed by atoms with Gasteiger partial charge in [0.15, 0.2) is 0 Å². The second kappa shape index (κ2) is 32.6. The van der Waals surface area contributed by atoms with Crippen LogP contribution in [0.1, 0.15) is 136 Å². The lowest BCUT2D eigenvalue weighted by atomic mass is 9.83. The van der Waals surface area contributed by atoms with Gasteiger partial charge in [-0.25, -0.2) is 8.78 Å². The first kappa shape index (κ1) is 66.4. The van der Waals surface area contributed by atoms with Crippen molar-refractivity contribution in [2.45, 2.75) is 153 Å². The van der Waals surface area contributed by atoms with Crippen molar-refractivity contribution in [1.82, 2.24) is 51.5 Å². The highest BCUT2D eigenvalue weighted by Gasteiger charge is 2.42. The average Bonchev–Trinajstić information content (AvgIpc) is 3.65. The fraction of sp³-hybridized carbons (Fsp3) is 0.529. The molecule has 4 aliphatic rings. The van der Waals surface area contributed by atoms with Crippen molar-refractivity contribution < 1.29 is 47.1 Å². The lowest BCUT2D eigenvalue weighted by Gasteiger charge is -2.37. The number of likely N-dealkylation sites (tertiary alicyclic amines) is 2. The normalized spacial score (nSPS) is 18.6. The molecule has 2 aliphatic heterocycles. The maximum atomic E-state index is 14.5. The molecule has 4 fully saturated rings. The summed E-state index contributed by atoms with van der Waals surface area (Å²) in [5.74, 6) is -3.09. The minimum absolute atomic E-state index is 0.0100. The first-order valence-electron chi connectivity index (χ1n) is 31.9. The van der Waals surface area contributed by atoms with E-state index in [1.807, 2.05) is 9.80 Å².